The minimum Gasteiger partial charge on any atom is -0.299 e. The quantitative estimate of drug-likeness (QED) is 0.515. The van der Waals surface area contributed by atoms with E-state index in [1.54, 1.807) is 0 Å². The van der Waals surface area contributed by atoms with Gasteiger partial charge in [-0.15, -0.1) is 0 Å². The molecule has 0 aliphatic heterocycles. The molecule has 0 aromatic heterocycles. The first-order valence-electron chi connectivity index (χ1n) is 11.8. The molecule has 0 spiro atoms. The summed E-state index contributed by atoms with van der Waals surface area (Å²) >= 11 is 0. The Balaban J connectivity index is 1.29. The van der Waals surface area contributed by atoms with Crippen LogP contribution in [0, 0.1) is 35.5 Å². The van der Waals surface area contributed by atoms with Crippen molar-refractivity contribution in [3.63, 3.8) is 0 Å². The summed E-state index contributed by atoms with van der Waals surface area (Å²) in [4.78, 5) is 2.84. The van der Waals surface area contributed by atoms with Crippen LogP contribution in [0.2, 0.25) is 0 Å². The molecule has 0 amide bonds. The number of fused-ring (bicyclic) bond motifs is 2. The van der Waals surface area contributed by atoms with Gasteiger partial charge in [0.2, 0.25) is 0 Å². The topological polar surface area (TPSA) is 3.24 Å². The van der Waals surface area contributed by atoms with Gasteiger partial charge >= 0.3 is 0 Å². The Hall–Kier alpha value is -1.34. The van der Waals surface area contributed by atoms with Crippen LogP contribution in [0.1, 0.15) is 56.9 Å². The number of benzene rings is 1. The normalized spacial score (nSPS) is 37.0. The maximum atomic E-state index is 4.32. The van der Waals surface area contributed by atoms with E-state index in [4.69, 9.17) is 0 Å². The van der Waals surface area contributed by atoms with E-state index < -0.39 is 0 Å². The summed E-state index contributed by atoms with van der Waals surface area (Å²) < 4.78 is 0. The van der Waals surface area contributed by atoms with E-state index >= 15 is 0 Å². The summed E-state index contributed by atoms with van der Waals surface area (Å²) in [6.07, 6.45) is 11.0. The first-order chi connectivity index (χ1) is 13.7. The van der Waals surface area contributed by atoms with Crippen molar-refractivity contribution in [3.8, 4) is 0 Å². The van der Waals surface area contributed by atoms with Crippen LogP contribution in [-0.4, -0.2) is 18.0 Å². The van der Waals surface area contributed by atoms with Crippen LogP contribution in [0.25, 0.3) is 0 Å². The van der Waals surface area contributed by atoms with Crippen molar-refractivity contribution in [1.82, 2.24) is 4.90 Å². The molecule has 4 aliphatic rings. The van der Waals surface area contributed by atoms with Gasteiger partial charge in [0.25, 0.3) is 0 Å². The number of rotatable bonds is 6. The van der Waals surface area contributed by atoms with Gasteiger partial charge in [0.1, 0.15) is 0 Å². The lowest BCUT2D eigenvalue weighted by Gasteiger charge is -2.32. The van der Waals surface area contributed by atoms with Crippen LogP contribution in [0.5, 0.6) is 0 Å². The van der Waals surface area contributed by atoms with Crippen molar-refractivity contribution in [2.24, 2.45) is 35.5 Å². The lowest BCUT2D eigenvalue weighted by Crippen LogP contribution is -2.36. The van der Waals surface area contributed by atoms with Gasteiger partial charge in [0, 0.05) is 19.6 Å². The fraction of sp³-hybridized carbons (Fsp3) is 0.630. The van der Waals surface area contributed by atoms with Gasteiger partial charge in [0.05, 0.1) is 0 Å². The zero-order chi connectivity index (χ0) is 19.1. The molecule has 1 nitrogen and oxygen atoms in total. The van der Waals surface area contributed by atoms with Gasteiger partial charge in [-0.3, -0.25) is 4.90 Å². The predicted octanol–water partition coefficient (Wildman–Crippen LogP) is 6.47. The maximum Gasteiger partial charge on any atom is 0.0233 e. The van der Waals surface area contributed by atoms with Gasteiger partial charge in [-0.05, 0) is 92.4 Å². The fourth-order valence-electron chi connectivity index (χ4n) is 7.39. The fourth-order valence-corrected chi connectivity index (χ4v) is 7.39. The Kier molecular flexibility index (Phi) is 5.22. The van der Waals surface area contributed by atoms with Crippen LogP contribution in [0.4, 0.5) is 0 Å². The smallest absolute Gasteiger partial charge is 0.0233 e. The lowest BCUT2D eigenvalue weighted by molar-refractivity contribution is 0.151. The monoisotopic (exact) mass is 375 g/mol. The summed E-state index contributed by atoms with van der Waals surface area (Å²) in [6, 6.07) is 11.2. The summed E-state index contributed by atoms with van der Waals surface area (Å²) in [6.45, 7) is 12.4. The molecular formula is C27H37N. The Bertz CT molecular complexity index is 677. The zero-order valence-electron chi connectivity index (χ0n) is 17.5. The molecule has 0 heterocycles. The summed E-state index contributed by atoms with van der Waals surface area (Å²) in [5.41, 5.74) is 4.54. The molecule has 4 aliphatic carbocycles. The first-order valence-corrected chi connectivity index (χ1v) is 11.8. The van der Waals surface area contributed by atoms with Crippen LogP contribution < -0.4 is 0 Å². The molecule has 6 atom stereocenters. The largest absolute Gasteiger partial charge is 0.299 e. The molecule has 1 heteroatoms. The molecule has 4 fully saturated rings. The average molecular weight is 376 g/mol. The van der Waals surface area contributed by atoms with E-state index in [0.29, 0.717) is 0 Å². The molecule has 4 saturated carbocycles. The molecule has 28 heavy (non-hydrogen) atoms. The number of hydrogen-bond donors (Lipinski definition) is 0. The molecule has 2 unspecified atom stereocenters. The predicted molar refractivity (Wildman–Crippen MR) is 118 cm³/mol. The third-order valence-electron chi connectivity index (χ3n) is 8.62. The van der Waals surface area contributed by atoms with E-state index in [9.17, 15) is 0 Å². The first kappa shape index (κ1) is 18.7. The number of nitrogens with zero attached hydrogens (tertiary/aromatic N) is 1. The Labute approximate surface area is 171 Å². The highest BCUT2D eigenvalue weighted by molar-refractivity contribution is 5.15. The van der Waals surface area contributed by atoms with E-state index in [2.05, 4.69) is 48.4 Å². The molecule has 0 N–H and O–H groups in total. The van der Waals surface area contributed by atoms with Gasteiger partial charge < -0.3 is 0 Å². The van der Waals surface area contributed by atoms with Crippen molar-refractivity contribution in [2.45, 2.75) is 57.9 Å². The van der Waals surface area contributed by atoms with Crippen molar-refractivity contribution in [1.29, 1.82) is 0 Å². The van der Waals surface area contributed by atoms with Gasteiger partial charge in [0.15, 0.2) is 0 Å². The van der Waals surface area contributed by atoms with E-state index in [1.807, 2.05) is 0 Å². The summed E-state index contributed by atoms with van der Waals surface area (Å²) in [5, 5.41) is 0. The summed E-state index contributed by atoms with van der Waals surface area (Å²) in [5.74, 6) is 5.53. The molecular weight excluding hydrogens is 338 g/mol. The Morgan fingerprint density at radius 1 is 0.714 bits per heavy atom. The molecule has 1 aromatic carbocycles. The Morgan fingerprint density at radius 3 is 1.79 bits per heavy atom. The van der Waals surface area contributed by atoms with Crippen LogP contribution >= 0.6 is 0 Å². The van der Waals surface area contributed by atoms with E-state index in [1.165, 1.54) is 81.2 Å². The second kappa shape index (κ2) is 7.82. The lowest BCUT2D eigenvalue weighted by atomic mass is 9.89. The SMILES string of the molecule is C=C1CC2CC[C@@H](CN(Cc3ccccc3)C[C@@H]3CCC4CC(=C)C[C@@H]43)[C@H]2C1. The number of hydrogen-bond acceptors (Lipinski definition) is 1. The second-order valence-electron chi connectivity index (χ2n) is 10.5. The molecule has 1 aromatic rings. The molecule has 0 saturated heterocycles. The molecule has 150 valence electrons. The highest BCUT2D eigenvalue weighted by Crippen LogP contribution is 2.51. The van der Waals surface area contributed by atoms with Crippen molar-refractivity contribution in [3.05, 3.63) is 60.2 Å². The number of allylic oxidation sites excluding steroid dienone is 2. The van der Waals surface area contributed by atoms with Crippen LogP contribution in [0.15, 0.2) is 54.6 Å². The standard InChI is InChI=1S/C27H37N/c1-19-12-22-8-10-24(26(22)14-19)17-28(16-21-6-4-3-5-7-21)18-25-11-9-23-13-20(2)15-27(23)25/h3-7,22-27H,1-2,8-18H2/t22?,23?,24-,25-,26-,27-/m0/s1. The van der Waals surface area contributed by atoms with E-state index in [0.717, 1.165) is 42.1 Å². The van der Waals surface area contributed by atoms with Gasteiger partial charge in [-0.2, -0.15) is 0 Å². The molecule has 0 bridgehead atoms. The molecule has 0 radical (unpaired) electrons. The molecule has 5 rings (SSSR count). The Morgan fingerprint density at radius 2 is 1.25 bits per heavy atom. The van der Waals surface area contributed by atoms with Crippen molar-refractivity contribution in [2.75, 3.05) is 13.1 Å². The zero-order valence-corrected chi connectivity index (χ0v) is 17.5. The van der Waals surface area contributed by atoms with Crippen molar-refractivity contribution < 1.29 is 0 Å². The minimum atomic E-state index is 0.892. The highest BCUT2D eigenvalue weighted by atomic mass is 15.1. The average Bonchev–Trinajstić information content (AvgIpc) is 3.40. The van der Waals surface area contributed by atoms with Crippen molar-refractivity contribution >= 4 is 0 Å². The van der Waals surface area contributed by atoms with Gasteiger partial charge in [-0.25, -0.2) is 0 Å². The van der Waals surface area contributed by atoms with Crippen LogP contribution in [-0.2, 0) is 6.54 Å². The highest BCUT2D eigenvalue weighted by Gasteiger charge is 2.43. The van der Waals surface area contributed by atoms with E-state index in [-0.39, 0.29) is 0 Å². The second-order valence-corrected chi connectivity index (χ2v) is 10.5. The summed E-state index contributed by atoms with van der Waals surface area (Å²) in [7, 11) is 0. The van der Waals surface area contributed by atoms with Crippen LogP contribution in [0.3, 0.4) is 0 Å². The third-order valence-corrected chi connectivity index (χ3v) is 8.62. The van der Waals surface area contributed by atoms with Gasteiger partial charge in [-0.1, -0.05) is 54.6 Å². The minimum absolute atomic E-state index is 0.892. The third kappa shape index (κ3) is 3.75. The maximum absolute atomic E-state index is 4.32.